The average molecular weight is 333 g/mol. The van der Waals surface area contributed by atoms with Crippen molar-refractivity contribution in [2.45, 2.75) is 20.3 Å². The molecule has 0 saturated carbocycles. The Labute approximate surface area is 138 Å². The third-order valence-corrected chi connectivity index (χ3v) is 4.43. The summed E-state index contributed by atoms with van der Waals surface area (Å²) in [5.41, 5.74) is 7.30. The highest BCUT2D eigenvalue weighted by Crippen LogP contribution is 2.33. The largest absolute Gasteiger partial charge is 0.497 e. The highest BCUT2D eigenvalue weighted by molar-refractivity contribution is 7.16. The van der Waals surface area contributed by atoms with Gasteiger partial charge in [-0.3, -0.25) is 10.1 Å². The molecule has 1 aromatic carbocycles. The lowest BCUT2D eigenvalue weighted by Gasteiger charge is -2.09. The van der Waals surface area contributed by atoms with Crippen LogP contribution in [0, 0.1) is 6.92 Å². The molecule has 0 aliphatic carbocycles. The Balaban J connectivity index is 2.18. The summed E-state index contributed by atoms with van der Waals surface area (Å²) in [7, 11) is 1.55. The second-order valence-electron chi connectivity index (χ2n) is 4.87. The van der Waals surface area contributed by atoms with Crippen molar-refractivity contribution in [1.29, 1.82) is 0 Å². The van der Waals surface area contributed by atoms with Gasteiger partial charge in [0.25, 0.3) is 5.91 Å². The lowest BCUT2D eigenvalue weighted by molar-refractivity contribution is 0.100. The van der Waals surface area contributed by atoms with Crippen LogP contribution in [0.1, 0.15) is 27.7 Å². The Hall–Kier alpha value is -2.54. The highest BCUT2D eigenvalue weighted by atomic mass is 32.1. The van der Waals surface area contributed by atoms with Crippen LogP contribution in [0.4, 0.5) is 15.5 Å². The molecule has 0 fully saturated rings. The highest BCUT2D eigenvalue weighted by Gasteiger charge is 2.20. The van der Waals surface area contributed by atoms with E-state index in [9.17, 15) is 9.59 Å². The first-order chi connectivity index (χ1) is 11.0. The van der Waals surface area contributed by atoms with E-state index in [2.05, 4.69) is 10.6 Å². The van der Waals surface area contributed by atoms with Gasteiger partial charge in [-0.05, 0) is 31.0 Å². The lowest BCUT2D eigenvalue weighted by atomic mass is 10.1. The van der Waals surface area contributed by atoms with Crippen LogP contribution in [0.5, 0.6) is 5.75 Å². The maximum atomic E-state index is 12.2. The minimum Gasteiger partial charge on any atom is -0.497 e. The molecule has 2 rings (SSSR count). The van der Waals surface area contributed by atoms with Crippen LogP contribution in [-0.4, -0.2) is 19.0 Å². The number of urea groups is 1. The maximum absolute atomic E-state index is 12.2. The summed E-state index contributed by atoms with van der Waals surface area (Å²) < 4.78 is 5.11. The van der Waals surface area contributed by atoms with E-state index in [1.165, 1.54) is 11.3 Å². The number of hydrogen-bond donors (Lipinski definition) is 3. The number of nitrogens with two attached hydrogens (primary N) is 1. The van der Waals surface area contributed by atoms with Crippen molar-refractivity contribution in [3.63, 3.8) is 0 Å². The number of anilines is 2. The normalized spacial score (nSPS) is 10.2. The summed E-state index contributed by atoms with van der Waals surface area (Å²) in [5.74, 6) is 0.101. The maximum Gasteiger partial charge on any atom is 0.324 e. The number of carbonyl (C=O) groups is 2. The number of thiophene rings is 1. The van der Waals surface area contributed by atoms with Crippen LogP contribution in [-0.2, 0) is 6.42 Å². The monoisotopic (exact) mass is 333 g/mol. The molecule has 122 valence electrons. The van der Waals surface area contributed by atoms with Crippen LogP contribution in [0.3, 0.4) is 0 Å². The molecule has 7 heteroatoms. The van der Waals surface area contributed by atoms with Crippen molar-refractivity contribution in [1.82, 2.24) is 0 Å². The van der Waals surface area contributed by atoms with Crippen LogP contribution in [0.25, 0.3) is 0 Å². The molecule has 0 spiro atoms. The van der Waals surface area contributed by atoms with Gasteiger partial charge >= 0.3 is 6.03 Å². The number of benzene rings is 1. The van der Waals surface area contributed by atoms with E-state index < -0.39 is 11.9 Å². The van der Waals surface area contributed by atoms with Crippen molar-refractivity contribution in [3.8, 4) is 5.75 Å². The Bertz CT molecular complexity index is 740. The molecule has 0 radical (unpaired) electrons. The quantitative estimate of drug-likeness (QED) is 0.783. The third-order valence-electron chi connectivity index (χ3n) is 3.36. The number of carbonyl (C=O) groups excluding carboxylic acids is 2. The van der Waals surface area contributed by atoms with Gasteiger partial charge in [-0.2, -0.15) is 0 Å². The topological polar surface area (TPSA) is 93.4 Å². The minimum absolute atomic E-state index is 0.385. The number of methoxy groups -OCH3 is 1. The van der Waals surface area contributed by atoms with Crippen LogP contribution in [0.2, 0.25) is 0 Å². The second-order valence-corrected chi connectivity index (χ2v) is 6.09. The Morgan fingerprint density at radius 2 is 2.04 bits per heavy atom. The van der Waals surface area contributed by atoms with Crippen molar-refractivity contribution in [3.05, 3.63) is 40.3 Å². The molecule has 0 saturated heterocycles. The average Bonchev–Trinajstić information content (AvgIpc) is 2.82. The van der Waals surface area contributed by atoms with E-state index in [4.69, 9.17) is 10.5 Å². The standard InChI is InChI=1S/C16H19N3O3S/c1-4-12-9(2)23-15(13(12)14(17)20)19-16(21)18-10-6-5-7-11(8-10)22-3/h5-8H,4H2,1-3H3,(H2,17,20)(H2,18,19,21). The Morgan fingerprint density at radius 3 is 2.65 bits per heavy atom. The zero-order valence-electron chi connectivity index (χ0n) is 13.2. The van der Waals surface area contributed by atoms with Gasteiger partial charge in [0, 0.05) is 16.6 Å². The molecule has 3 amide bonds. The van der Waals surface area contributed by atoms with Crippen LogP contribution in [0.15, 0.2) is 24.3 Å². The first-order valence-electron chi connectivity index (χ1n) is 7.10. The number of nitrogens with one attached hydrogen (secondary N) is 2. The number of amides is 3. The van der Waals surface area contributed by atoms with Crippen molar-refractivity contribution < 1.29 is 14.3 Å². The van der Waals surface area contributed by atoms with Gasteiger partial charge in [0.2, 0.25) is 0 Å². The van der Waals surface area contributed by atoms with Gasteiger partial charge in [-0.15, -0.1) is 11.3 Å². The van der Waals surface area contributed by atoms with Gasteiger partial charge in [-0.1, -0.05) is 13.0 Å². The molecule has 6 nitrogen and oxygen atoms in total. The summed E-state index contributed by atoms with van der Waals surface area (Å²) in [6.45, 7) is 3.85. The molecule has 0 unspecified atom stereocenters. The molecule has 0 atom stereocenters. The van der Waals surface area contributed by atoms with Crippen molar-refractivity contribution in [2.75, 3.05) is 17.7 Å². The third kappa shape index (κ3) is 3.81. The number of hydrogen-bond acceptors (Lipinski definition) is 4. The zero-order chi connectivity index (χ0) is 17.0. The molecule has 2 aromatic rings. The zero-order valence-corrected chi connectivity index (χ0v) is 14.0. The van der Waals surface area contributed by atoms with E-state index >= 15 is 0 Å². The molecule has 1 aromatic heterocycles. The van der Waals surface area contributed by atoms with E-state index in [-0.39, 0.29) is 0 Å². The number of ether oxygens (including phenoxy) is 1. The number of aryl methyl sites for hydroxylation is 1. The summed E-state index contributed by atoms with van der Waals surface area (Å²) in [6, 6.07) is 6.56. The summed E-state index contributed by atoms with van der Waals surface area (Å²) in [5, 5.41) is 5.87. The fraction of sp³-hybridized carbons (Fsp3) is 0.250. The van der Waals surface area contributed by atoms with E-state index in [1.54, 1.807) is 31.4 Å². The van der Waals surface area contributed by atoms with Gasteiger partial charge in [0.15, 0.2) is 0 Å². The smallest absolute Gasteiger partial charge is 0.324 e. The second kappa shape index (κ2) is 7.15. The number of primary amides is 1. The summed E-state index contributed by atoms with van der Waals surface area (Å²) in [4.78, 5) is 24.8. The lowest BCUT2D eigenvalue weighted by Crippen LogP contribution is -2.22. The Kier molecular flexibility index (Phi) is 5.23. The van der Waals surface area contributed by atoms with Crippen LogP contribution >= 0.6 is 11.3 Å². The molecule has 1 heterocycles. The summed E-state index contributed by atoms with van der Waals surface area (Å²) in [6.07, 6.45) is 0.680. The predicted octanol–water partition coefficient (Wildman–Crippen LogP) is 3.37. The van der Waals surface area contributed by atoms with Crippen molar-refractivity contribution >= 4 is 34.0 Å². The van der Waals surface area contributed by atoms with Gasteiger partial charge in [-0.25, -0.2) is 4.79 Å². The molecule has 0 bridgehead atoms. The number of rotatable bonds is 5. The first kappa shape index (κ1) is 16.8. The summed E-state index contributed by atoms with van der Waals surface area (Å²) >= 11 is 1.34. The molecule has 4 N–H and O–H groups in total. The van der Waals surface area contributed by atoms with E-state index in [0.29, 0.717) is 28.4 Å². The van der Waals surface area contributed by atoms with E-state index in [0.717, 1.165) is 10.4 Å². The Morgan fingerprint density at radius 1 is 1.30 bits per heavy atom. The SMILES string of the molecule is CCc1c(C)sc(NC(=O)Nc2cccc(OC)c2)c1C(N)=O. The fourth-order valence-electron chi connectivity index (χ4n) is 2.32. The molecular formula is C16H19N3O3S. The molecule has 23 heavy (non-hydrogen) atoms. The predicted molar refractivity (Wildman–Crippen MR) is 92.6 cm³/mol. The molecule has 0 aliphatic rings. The van der Waals surface area contributed by atoms with Crippen molar-refractivity contribution in [2.24, 2.45) is 5.73 Å². The fourth-order valence-corrected chi connectivity index (χ4v) is 3.46. The van der Waals surface area contributed by atoms with Gasteiger partial charge in [0.05, 0.1) is 12.7 Å². The van der Waals surface area contributed by atoms with Gasteiger partial charge in [0.1, 0.15) is 10.8 Å². The molecular weight excluding hydrogens is 314 g/mol. The van der Waals surface area contributed by atoms with Gasteiger partial charge < -0.3 is 15.8 Å². The van der Waals surface area contributed by atoms with Crippen LogP contribution < -0.4 is 21.1 Å². The van der Waals surface area contributed by atoms with E-state index in [1.807, 2.05) is 13.8 Å². The minimum atomic E-state index is -0.539. The first-order valence-corrected chi connectivity index (χ1v) is 7.92. The molecule has 0 aliphatic heterocycles.